The normalized spacial score (nSPS) is 8.20. The van der Waals surface area contributed by atoms with Gasteiger partial charge in [0.1, 0.15) is 6.61 Å². The van der Waals surface area contributed by atoms with Gasteiger partial charge in [-0.05, 0) is 6.92 Å². The molecule has 0 saturated heterocycles. The average molecular weight is 138 g/mol. The largest absolute Gasteiger partial charge is 0.368 e. The second kappa shape index (κ2) is 8.54. The van der Waals surface area contributed by atoms with Crippen molar-refractivity contribution in [1.82, 2.24) is 5.23 Å². The molecule has 0 atom stereocenters. The van der Waals surface area contributed by atoms with E-state index in [0.29, 0.717) is 6.61 Å². The van der Waals surface area contributed by atoms with Gasteiger partial charge in [0.25, 0.3) is 0 Å². The third-order valence-electron chi connectivity index (χ3n) is 0.946. The minimum Gasteiger partial charge on any atom is -0.368 e. The van der Waals surface area contributed by atoms with Crippen molar-refractivity contribution in [2.75, 3.05) is 19.8 Å². The van der Waals surface area contributed by atoms with Gasteiger partial charge in [-0.2, -0.15) is 0 Å². The molecule has 0 amide bonds. The van der Waals surface area contributed by atoms with E-state index in [9.17, 15) is 0 Å². The first kappa shape index (κ1) is 9.54. The molecule has 10 heavy (non-hydrogen) atoms. The Morgan fingerprint density at radius 1 is 1.60 bits per heavy atom. The summed E-state index contributed by atoms with van der Waals surface area (Å²) in [5.41, 5.74) is 0. The van der Waals surface area contributed by atoms with Crippen molar-refractivity contribution in [2.45, 2.75) is 13.7 Å². The molecule has 0 aliphatic carbocycles. The SMILES string of the molecule is C[B]NCCOCC#CC. The summed E-state index contributed by atoms with van der Waals surface area (Å²) in [5, 5.41) is 3.03. The Bertz CT molecular complexity index is 117. The smallest absolute Gasteiger partial charge is 0.201 e. The first-order valence-electron chi connectivity index (χ1n) is 3.40. The molecule has 1 radical (unpaired) electrons. The van der Waals surface area contributed by atoms with Crippen LogP contribution < -0.4 is 5.23 Å². The summed E-state index contributed by atoms with van der Waals surface area (Å²) in [6.07, 6.45) is 0. The quantitative estimate of drug-likeness (QED) is 0.334. The lowest BCUT2D eigenvalue weighted by Gasteiger charge is -1.98. The number of hydrogen-bond acceptors (Lipinski definition) is 2. The Morgan fingerprint density at radius 2 is 2.40 bits per heavy atom. The van der Waals surface area contributed by atoms with Crippen LogP contribution in [0.4, 0.5) is 0 Å². The zero-order valence-corrected chi connectivity index (χ0v) is 6.61. The molecule has 0 aromatic heterocycles. The Kier molecular flexibility index (Phi) is 8.16. The second-order valence-electron chi connectivity index (χ2n) is 1.72. The molecule has 0 fully saturated rings. The van der Waals surface area contributed by atoms with E-state index in [1.54, 1.807) is 6.92 Å². The summed E-state index contributed by atoms with van der Waals surface area (Å²) in [7, 11) is 1.90. The van der Waals surface area contributed by atoms with Gasteiger partial charge in [0.2, 0.25) is 7.41 Å². The Hall–Kier alpha value is -0.455. The van der Waals surface area contributed by atoms with E-state index in [0.717, 1.165) is 13.2 Å². The van der Waals surface area contributed by atoms with Crippen LogP contribution in [0.1, 0.15) is 6.92 Å². The van der Waals surface area contributed by atoms with Crippen molar-refractivity contribution in [3.05, 3.63) is 0 Å². The molecule has 0 unspecified atom stereocenters. The van der Waals surface area contributed by atoms with Crippen LogP contribution in [0, 0.1) is 11.8 Å². The van der Waals surface area contributed by atoms with E-state index >= 15 is 0 Å². The predicted octanol–water partition coefficient (Wildman–Crippen LogP) is 0.283. The van der Waals surface area contributed by atoms with Crippen LogP contribution in [0.15, 0.2) is 0 Å². The molecule has 0 aliphatic rings. The third kappa shape index (κ3) is 7.54. The van der Waals surface area contributed by atoms with Crippen molar-refractivity contribution in [1.29, 1.82) is 0 Å². The van der Waals surface area contributed by atoms with Crippen LogP contribution >= 0.6 is 0 Å². The van der Waals surface area contributed by atoms with Gasteiger partial charge in [-0.15, -0.1) is 5.92 Å². The third-order valence-corrected chi connectivity index (χ3v) is 0.946. The standard InChI is InChI=1S/C7H13BNO/c1-3-4-6-10-7-5-9-8-2/h9H,5-7H2,1-2H3. The van der Waals surface area contributed by atoms with E-state index in [-0.39, 0.29) is 0 Å². The number of nitrogens with one attached hydrogen (secondary N) is 1. The summed E-state index contributed by atoms with van der Waals surface area (Å²) in [6.45, 7) is 5.89. The summed E-state index contributed by atoms with van der Waals surface area (Å²) < 4.78 is 5.12. The first-order chi connectivity index (χ1) is 4.91. The molecule has 0 aromatic rings. The zero-order chi connectivity index (χ0) is 7.66. The molecular weight excluding hydrogens is 125 g/mol. The topological polar surface area (TPSA) is 21.3 Å². The molecule has 0 bridgehead atoms. The van der Waals surface area contributed by atoms with E-state index in [1.807, 2.05) is 14.2 Å². The van der Waals surface area contributed by atoms with Gasteiger partial charge in [0.05, 0.1) is 6.61 Å². The fourth-order valence-electron chi connectivity index (χ4n) is 0.471. The highest BCUT2D eigenvalue weighted by Crippen LogP contribution is 1.69. The van der Waals surface area contributed by atoms with Crippen molar-refractivity contribution in [3.8, 4) is 11.8 Å². The number of ether oxygens (including phenoxy) is 1. The van der Waals surface area contributed by atoms with Gasteiger partial charge in [-0.25, -0.2) is 0 Å². The predicted molar refractivity (Wildman–Crippen MR) is 43.9 cm³/mol. The minimum atomic E-state index is 0.544. The zero-order valence-electron chi connectivity index (χ0n) is 6.61. The highest BCUT2D eigenvalue weighted by Gasteiger charge is 1.82. The lowest BCUT2D eigenvalue weighted by Crippen LogP contribution is -2.21. The molecule has 0 aromatic carbocycles. The highest BCUT2D eigenvalue weighted by molar-refractivity contribution is 6.29. The molecule has 1 N–H and O–H groups in total. The van der Waals surface area contributed by atoms with Gasteiger partial charge in [0.15, 0.2) is 0 Å². The monoisotopic (exact) mass is 138 g/mol. The molecular formula is C7H13BNO. The highest BCUT2D eigenvalue weighted by atomic mass is 16.5. The van der Waals surface area contributed by atoms with Crippen molar-refractivity contribution in [2.24, 2.45) is 0 Å². The molecule has 2 nitrogen and oxygen atoms in total. The molecule has 0 rings (SSSR count). The van der Waals surface area contributed by atoms with Crippen molar-refractivity contribution >= 4 is 7.41 Å². The summed E-state index contributed by atoms with van der Waals surface area (Å²) >= 11 is 0. The molecule has 0 heterocycles. The maximum Gasteiger partial charge on any atom is 0.201 e. The average Bonchev–Trinajstić information content (AvgIpc) is 1.97. The molecule has 0 spiro atoms. The number of rotatable bonds is 5. The molecule has 55 valence electrons. The fraction of sp³-hybridized carbons (Fsp3) is 0.714. The van der Waals surface area contributed by atoms with Crippen LogP contribution in [-0.2, 0) is 4.74 Å². The van der Waals surface area contributed by atoms with Gasteiger partial charge in [-0.1, -0.05) is 12.7 Å². The second-order valence-corrected chi connectivity index (χ2v) is 1.72. The van der Waals surface area contributed by atoms with Gasteiger partial charge >= 0.3 is 0 Å². The number of hydrogen-bond donors (Lipinski definition) is 1. The lowest BCUT2D eigenvalue weighted by atomic mass is 10.0. The van der Waals surface area contributed by atoms with Crippen LogP contribution in [0.3, 0.4) is 0 Å². The maximum atomic E-state index is 5.12. The van der Waals surface area contributed by atoms with E-state index in [1.165, 1.54) is 0 Å². The van der Waals surface area contributed by atoms with Crippen molar-refractivity contribution in [3.63, 3.8) is 0 Å². The first-order valence-corrected chi connectivity index (χ1v) is 3.40. The van der Waals surface area contributed by atoms with Gasteiger partial charge in [-0.3, -0.25) is 0 Å². The van der Waals surface area contributed by atoms with Crippen LogP contribution in [0.5, 0.6) is 0 Å². The summed E-state index contributed by atoms with van der Waals surface area (Å²) in [5.74, 6) is 5.57. The molecule has 0 saturated carbocycles. The van der Waals surface area contributed by atoms with Crippen molar-refractivity contribution < 1.29 is 4.74 Å². The van der Waals surface area contributed by atoms with Crippen LogP contribution in [0.2, 0.25) is 6.82 Å². The Balaban J connectivity index is 2.82. The molecule has 3 heteroatoms. The van der Waals surface area contributed by atoms with E-state index in [2.05, 4.69) is 17.1 Å². The van der Waals surface area contributed by atoms with E-state index < -0.39 is 0 Å². The Labute approximate surface area is 63.6 Å². The summed E-state index contributed by atoms with van der Waals surface area (Å²) in [6, 6.07) is 0. The van der Waals surface area contributed by atoms with Gasteiger partial charge in [0, 0.05) is 6.54 Å². The Morgan fingerprint density at radius 3 is 3.00 bits per heavy atom. The minimum absolute atomic E-state index is 0.544. The van der Waals surface area contributed by atoms with E-state index in [4.69, 9.17) is 4.74 Å². The van der Waals surface area contributed by atoms with Crippen LogP contribution in [-0.4, -0.2) is 27.2 Å². The van der Waals surface area contributed by atoms with Crippen LogP contribution in [0.25, 0.3) is 0 Å². The van der Waals surface area contributed by atoms with Gasteiger partial charge < -0.3 is 9.96 Å². The summed E-state index contributed by atoms with van der Waals surface area (Å²) in [4.78, 5) is 0. The fourth-order valence-corrected chi connectivity index (χ4v) is 0.471. The maximum absolute atomic E-state index is 5.12. The lowest BCUT2D eigenvalue weighted by molar-refractivity contribution is 0.173. The molecule has 0 aliphatic heterocycles.